The van der Waals surface area contributed by atoms with Gasteiger partial charge in [0.25, 0.3) is 5.91 Å². The number of amides is 1. The zero-order valence-electron chi connectivity index (χ0n) is 14.3. The highest BCUT2D eigenvalue weighted by atomic mass is 16.2. The second-order valence-electron chi connectivity index (χ2n) is 6.35. The van der Waals surface area contributed by atoms with E-state index >= 15 is 0 Å². The summed E-state index contributed by atoms with van der Waals surface area (Å²) in [5, 5.41) is 12.7. The first-order chi connectivity index (χ1) is 12.2. The summed E-state index contributed by atoms with van der Waals surface area (Å²) >= 11 is 0. The van der Waals surface area contributed by atoms with Crippen LogP contribution in [0.4, 0.5) is 0 Å². The van der Waals surface area contributed by atoms with Gasteiger partial charge in [0.15, 0.2) is 5.69 Å². The monoisotopic (exact) mass is 336 g/mol. The number of rotatable bonds is 3. The molecule has 3 aromatic rings. The fraction of sp³-hybridized carbons (Fsp3) is 0.333. The van der Waals surface area contributed by atoms with Crippen molar-refractivity contribution in [3.63, 3.8) is 0 Å². The smallest absolute Gasteiger partial charge is 0.276 e. The molecule has 1 atom stereocenters. The maximum atomic E-state index is 12.8. The van der Waals surface area contributed by atoms with E-state index in [4.69, 9.17) is 0 Å². The van der Waals surface area contributed by atoms with Gasteiger partial charge < -0.3 is 10.2 Å². The van der Waals surface area contributed by atoms with Gasteiger partial charge in [-0.25, -0.2) is 4.68 Å². The highest BCUT2D eigenvalue weighted by Gasteiger charge is 2.28. The minimum absolute atomic E-state index is 0.0920. The number of pyridine rings is 1. The molecule has 0 unspecified atom stereocenters. The zero-order chi connectivity index (χ0) is 17.4. The molecule has 0 spiro atoms. The number of nitrogens with zero attached hydrogens (tertiary/aromatic N) is 5. The number of carbonyl (C=O) groups is 1. The maximum Gasteiger partial charge on any atom is 0.276 e. The van der Waals surface area contributed by atoms with Gasteiger partial charge in [-0.15, -0.1) is 5.10 Å². The lowest BCUT2D eigenvalue weighted by molar-refractivity contribution is 0.0737. The molecule has 2 aromatic heterocycles. The summed E-state index contributed by atoms with van der Waals surface area (Å²) in [6.45, 7) is 3.63. The molecule has 0 aliphatic carbocycles. The average molecular weight is 336 g/mol. The summed E-state index contributed by atoms with van der Waals surface area (Å²) in [6.07, 6.45) is 2.72. The van der Waals surface area contributed by atoms with Crippen molar-refractivity contribution in [2.45, 2.75) is 19.4 Å². The Morgan fingerprint density at radius 2 is 2.16 bits per heavy atom. The van der Waals surface area contributed by atoms with Crippen molar-refractivity contribution in [3.05, 3.63) is 47.9 Å². The Balaban J connectivity index is 1.72. The number of carbonyl (C=O) groups excluding carboxylic acids is 1. The van der Waals surface area contributed by atoms with Gasteiger partial charge in [-0.1, -0.05) is 23.4 Å². The van der Waals surface area contributed by atoms with E-state index in [1.165, 1.54) is 0 Å². The predicted octanol–water partition coefficient (Wildman–Crippen LogP) is 1.56. The fourth-order valence-electron chi connectivity index (χ4n) is 3.32. The predicted molar refractivity (Wildman–Crippen MR) is 94.8 cm³/mol. The molecule has 1 amide bonds. The minimum Gasteiger partial charge on any atom is -0.336 e. The van der Waals surface area contributed by atoms with Crippen molar-refractivity contribution in [3.8, 4) is 5.69 Å². The van der Waals surface area contributed by atoms with Crippen LogP contribution in [0.3, 0.4) is 0 Å². The standard InChI is InChI=1S/C18H20N6O/c1-12-16(18(25)23(2)14-8-10-19-11-14)21-22-24(12)15-7-3-5-13-6-4-9-20-17(13)15/h3-7,9,14,19H,8,10-11H2,1-2H3/t14-/m1/s1. The molecule has 25 heavy (non-hydrogen) atoms. The van der Waals surface area contributed by atoms with Crippen molar-refractivity contribution < 1.29 is 4.79 Å². The Hall–Kier alpha value is -2.80. The van der Waals surface area contributed by atoms with Crippen LogP contribution in [-0.4, -0.2) is 57.0 Å². The molecule has 0 saturated carbocycles. The average Bonchev–Trinajstić information content (AvgIpc) is 3.30. The number of hydrogen-bond acceptors (Lipinski definition) is 5. The first-order valence-electron chi connectivity index (χ1n) is 8.41. The van der Waals surface area contributed by atoms with Gasteiger partial charge >= 0.3 is 0 Å². The van der Waals surface area contributed by atoms with E-state index in [0.717, 1.165) is 41.8 Å². The Morgan fingerprint density at radius 3 is 2.96 bits per heavy atom. The molecule has 0 bridgehead atoms. The van der Waals surface area contributed by atoms with Gasteiger partial charge in [0.05, 0.1) is 16.9 Å². The zero-order valence-corrected chi connectivity index (χ0v) is 14.3. The third-order valence-corrected chi connectivity index (χ3v) is 4.84. The van der Waals surface area contributed by atoms with E-state index in [2.05, 4.69) is 20.6 Å². The summed E-state index contributed by atoms with van der Waals surface area (Å²) in [5.74, 6) is -0.0920. The fourth-order valence-corrected chi connectivity index (χ4v) is 3.32. The SMILES string of the molecule is Cc1c(C(=O)N(C)[C@@H]2CCNC2)nnn1-c1cccc2cccnc12. The molecule has 4 rings (SSSR count). The lowest BCUT2D eigenvalue weighted by atomic mass is 10.2. The van der Waals surface area contributed by atoms with Crippen LogP contribution in [0.15, 0.2) is 36.5 Å². The van der Waals surface area contributed by atoms with E-state index in [9.17, 15) is 4.79 Å². The first-order valence-corrected chi connectivity index (χ1v) is 8.41. The quantitative estimate of drug-likeness (QED) is 0.785. The van der Waals surface area contributed by atoms with Crippen molar-refractivity contribution in [1.82, 2.24) is 30.2 Å². The molecular weight excluding hydrogens is 316 g/mol. The Morgan fingerprint density at radius 1 is 1.32 bits per heavy atom. The number of hydrogen-bond donors (Lipinski definition) is 1. The molecule has 3 heterocycles. The van der Waals surface area contributed by atoms with Crippen molar-refractivity contribution in [1.29, 1.82) is 0 Å². The molecule has 1 N–H and O–H groups in total. The summed E-state index contributed by atoms with van der Waals surface area (Å²) in [5.41, 5.74) is 2.78. The topological polar surface area (TPSA) is 75.9 Å². The highest BCUT2D eigenvalue weighted by molar-refractivity contribution is 5.94. The van der Waals surface area contributed by atoms with Crippen LogP contribution in [0, 0.1) is 6.92 Å². The van der Waals surface area contributed by atoms with Crippen LogP contribution < -0.4 is 5.32 Å². The second kappa shape index (κ2) is 6.25. The molecular formula is C18H20N6O. The number of benzene rings is 1. The Labute approximate surface area is 145 Å². The maximum absolute atomic E-state index is 12.8. The second-order valence-corrected chi connectivity index (χ2v) is 6.35. The third-order valence-electron chi connectivity index (χ3n) is 4.84. The lowest BCUT2D eigenvalue weighted by Gasteiger charge is -2.22. The Bertz CT molecular complexity index is 923. The summed E-state index contributed by atoms with van der Waals surface area (Å²) in [6, 6.07) is 10.0. The van der Waals surface area contributed by atoms with E-state index in [0.29, 0.717) is 5.69 Å². The normalized spacial score (nSPS) is 17.1. The molecule has 0 radical (unpaired) electrons. The minimum atomic E-state index is -0.0920. The molecule has 7 heteroatoms. The number of fused-ring (bicyclic) bond motifs is 1. The highest BCUT2D eigenvalue weighted by Crippen LogP contribution is 2.22. The van der Waals surface area contributed by atoms with Gasteiger partial charge in [-0.05, 0) is 32.0 Å². The van der Waals surface area contributed by atoms with Crippen LogP contribution in [0.2, 0.25) is 0 Å². The molecule has 1 aromatic carbocycles. The van der Waals surface area contributed by atoms with Crippen LogP contribution >= 0.6 is 0 Å². The number of likely N-dealkylation sites (N-methyl/N-ethyl adjacent to an activating group) is 1. The van der Waals surface area contributed by atoms with E-state index in [1.807, 2.05) is 44.3 Å². The van der Waals surface area contributed by atoms with Crippen molar-refractivity contribution >= 4 is 16.8 Å². The molecule has 7 nitrogen and oxygen atoms in total. The van der Waals surface area contributed by atoms with E-state index in [1.54, 1.807) is 15.8 Å². The Kier molecular flexibility index (Phi) is 3.93. The summed E-state index contributed by atoms with van der Waals surface area (Å²) in [7, 11) is 1.83. The van der Waals surface area contributed by atoms with Gasteiger partial charge in [0.2, 0.25) is 0 Å². The van der Waals surface area contributed by atoms with Crippen LogP contribution in [0.25, 0.3) is 16.6 Å². The van der Waals surface area contributed by atoms with Crippen LogP contribution in [-0.2, 0) is 0 Å². The van der Waals surface area contributed by atoms with Gasteiger partial charge in [0, 0.05) is 31.2 Å². The van der Waals surface area contributed by atoms with E-state index in [-0.39, 0.29) is 11.9 Å². The third kappa shape index (κ3) is 2.66. The van der Waals surface area contributed by atoms with Crippen molar-refractivity contribution in [2.24, 2.45) is 0 Å². The number of aromatic nitrogens is 4. The molecule has 1 fully saturated rings. The lowest BCUT2D eigenvalue weighted by Crippen LogP contribution is -2.38. The molecule has 1 saturated heterocycles. The van der Waals surface area contributed by atoms with Crippen LogP contribution in [0.1, 0.15) is 22.6 Å². The van der Waals surface area contributed by atoms with Gasteiger partial charge in [-0.3, -0.25) is 9.78 Å². The molecule has 1 aliphatic rings. The largest absolute Gasteiger partial charge is 0.336 e. The molecule has 1 aliphatic heterocycles. The van der Waals surface area contributed by atoms with Crippen molar-refractivity contribution in [2.75, 3.05) is 20.1 Å². The number of para-hydroxylation sites is 1. The summed E-state index contributed by atoms with van der Waals surface area (Å²) < 4.78 is 1.70. The van der Waals surface area contributed by atoms with Crippen LogP contribution in [0.5, 0.6) is 0 Å². The van der Waals surface area contributed by atoms with Gasteiger partial charge in [-0.2, -0.15) is 0 Å². The molecule has 128 valence electrons. The first kappa shape index (κ1) is 15.7. The summed E-state index contributed by atoms with van der Waals surface area (Å²) in [4.78, 5) is 19.1. The number of nitrogens with one attached hydrogen (secondary N) is 1. The van der Waals surface area contributed by atoms with E-state index < -0.39 is 0 Å². The van der Waals surface area contributed by atoms with Gasteiger partial charge in [0.1, 0.15) is 0 Å².